The molecule has 4 nitrogen and oxygen atoms in total. The molecule has 0 bridgehead atoms. The Labute approximate surface area is 167 Å². The maximum absolute atomic E-state index is 10.7. The number of carbonyl (C=O) groups is 1. The Morgan fingerprint density at radius 3 is 1.85 bits per heavy atom. The van der Waals surface area contributed by atoms with Gasteiger partial charge >= 0.3 is 5.97 Å². The first-order valence-electron chi connectivity index (χ1n) is 11.6. The van der Waals surface area contributed by atoms with Crippen molar-refractivity contribution in [1.82, 2.24) is 0 Å². The van der Waals surface area contributed by atoms with E-state index >= 15 is 0 Å². The molecule has 0 aromatic rings. The van der Waals surface area contributed by atoms with Crippen molar-refractivity contribution < 1.29 is 19.4 Å². The molecule has 2 unspecified atom stereocenters. The van der Waals surface area contributed by atoms with Gasteiger partial charge in [-0.3, -0.25) is 4.79 Å². The summed E-state index contributed by atoms with van der Waals surface area (Å²) in [4.78, 5) is 10.7. The summed E-state index contributed by atoms with van der Waals surface area (Å²) in [5.41, 5.74) is 0. The Balaban J connectivity index is 1.84. The molecular formula is C23H44O4. The van der Waals surface area contributed by atoms with E-state index in [0.717, 1.165) is 6.42 Å². The fraction of sp³-hybridized carbons (Fsp3) is 0.957. The zero-order valence-electron chi connectivity index (χ0n) is 18.0. The van der Waals surface area contributed by atoms with E-state index in [4.69, 9.17) is 14.6 Å². The fourth-order valence-electron chi connectivity index (χ4n) is 3.86. The summed E-state index contributed by atoms with van der Waals surface area (Å²) < 4.78 is 11.6. The molecule has 160 valence electrons. The number of aliphatic carboxylic acids is 1. The lowest BCUT2D eigenvalue weighted by Gasteiger charge is -2.22. The van der Waals surface area contributed by atoms with Crippen LogP contribution in [0.15, 0.2) is 0 Å². The summed E-state index contributed by atoms with van der Waals surface area (Å²) in [5.74, 6) is -1.49. The van der Waals surface area contributed by atoms with Gasteiger partial charge in [0.2, 0.25) is 0 Å². The van der Waals surface area contributed by atoms with Gasteiger partial charge in [0.05, 0.1) is 19.1 Å². The standard InChI is InChI=1S/C23H44O4/c1-3-4-5-6-7-8-9-10-11-12-13-14-15-16-17-21-20-26-23(2,27-21)19-18-22(24)25/h21H,3-20H2,1-2H3,(H,24,25). The first kappa shape index (κ1) is 24.4. The van der Waals surface area contributed by atoms with Gasteiger partial charge in [0, 0.05) is 6.42 Å². The summed E-state index contributed by atoms with van der Waals surface area (Å²) >= 11 is 0. The molecule has 1 heterocycles. The number of unbranched alkanes of at least 4 members (excludes halogenated alkanes) is 13. The van der Waals surface area contributed by atoms with E-state index in [9.17, 15) is 4.79 Å². The van der Waals surface area contributed by atoms with Crippen LogP contribution in [-0.4, -0.2) is 29.6 Å². The molecule has 0 aliphatic carbocycles. The second kappa shape index (κ2) is 15.3. The van der Waals surface area contributed by atoms with Gasteiger partial charge in [-0.2, -0.15) is 0 Å². The Hall–Kier alpha value is -0.610. The van der Waals surface area contributed by atoms with Gasteiger partial charge in [-0.25, -0.2) is 0 Å². The van der Waals surface area contributed by atoms with Crippen molar-refractivity contribution in [3.05, 3.63) is 0 Å². The predicted molar refractivity (Wildman–Crippen MR) is 111 cm³/mol. The number of carboxylic acid groups (broad SMARTS) is 1. The van der Waals surface area contributed by atoms with Crippen molar-refractivity contribution in [2.24, 2.45) is 0 Å². The number of rotatable bonds is 18. The Kier molecular flexibility index (Phi) is 13.9. The minimum absolute atomic E-state index is 0.0993. The SMILES string of the molecule is CCCCCCCCCCCCCCCCC1COC(C)(CCC(=O)O)O1. The van der Waals surface area contributed by atoms with Crippen molar-refractivity contribution in [2.75, 3.05) is 6.61 Å². The van der Waals surface area contributed by atoms with E-state index in [2.05, 4.69) is 6.92 Å². The van der Waals surface area contributed by atoms with E-state index in [1.807, 2.05) is 6.92 Å². The van der Waals surface area contributed by atoms with Gasteiger partial charge in [0.25, 0.3) is 0 Å². The molecule has 0 saturated carbocycles. The lowest BCUT2D eigenvalue weighted by Crippen LogP contribution is -2.27. The molecule has 1 N–H and O–H groups in total. The van der Waals surface area contributed by atoms with E-state index < -0.39 is 11.8 Å². The van der Waals surface area contributed by atoms with Crippen LogP contribution in [0.1, 0.15) is 123 Å². The number of hydrogen-bond donors (Lipinski definition) is 1. The lowest BCUT2D eigenvalue weighted by atomic mass is 10.0. The molecule has 0 aromatic heterocycles. The van der Waals surface area contributed by atoms with Crippen molar-refractivity contribution in [3.8, 4) is 0 Å². The first-order valence-corrected chi connectivity index (χ1v) is 11.6. The third-order valence-corrected chi connectivity index (χ3v) is 5.66. The van der Waals surface area contributed by atoms with Crippen LogP contribution in [0, 0.1) is 0 Å². The van der Waals surface area contributed by atoms with Gasteiger partial charge in [0.1, 0.15) is 0 Å². The third-order valence-electron chi connectivity index (χ3n) is 5.66. The molecule has 1 saturated heterocycles. The maximum atomic E-state index is 10.7. The highest BCUT2D eigenvalue weighted by Crippen LogP contribution is 2.30. The Bertz CT molecular complexity index is 371. The summed E-state index contributed by atoms with van der Waals surface area (Å²) in [7, 11) is 0. The lowest BCUT2D eigenvalue weighted by molar-refractivity contribution is -0.166. The summed E-state index contributed by atoms with van der Waals surface area (Å²) in [6, 6.07) is 0. The summed E-state index contributed by atoms with van der Waals surface area (Å²) in [6.07, 6.45) is 20.9. The molecule has 27 heavy (non-hydrogen) atoms. The fourth-order valence-corrected chi connectivity index (χ4v) is 3.86. The third kappa shape index (κ3) is 13.2. The maximum Gasteiger partial charge on any atom is 0.303 e. The largest absolute Gasteiger partial charge is 0.481 e. The zero-order valence-corrected chi connectivity index (χ0v) is 18.0. The molecule has 0 amide bonds. The molecule has 1 aliphatic rings. The predicted octanol–water partition coefficient (Wildman–Crippen LogP) is 6.85. The molecule has 0 radical (unpaired) electrons. The van der Waals surface area contributed by atoms with Crippen LogP contribution in [0.3, 0.4) is 0 Å². The molecule has 0 aromatic carbocycles. The van der Waals surface area contributed by atoms with Gasteiger partial charge < -0.3 is 14.6 Å². The van der Waals surface area contributed by atoms with Crippen molar-refractivity contribution in [2.45, 2.75) is 135 Å². The van der Waals surface area contributed by atoms with Crippen LogP contribution in [0.25, 0.3) is 0 Å². The van der Waals surface area contributed by atoms with E-state index in [0.29, 0.717) is 13.0 Å². The Morgan fingerprint density at radius 1 is 0.889 bits per heavy atom. The molecule has 1 rings (SSSR count). The second-order valence-electron chi connectivity index (χ2n) is 8.46. The van der Waals surface area contributed by atoms with Crippen LogP contribution in [0.4, 0.5) is 0 Å². The van der Waals surface area contributed by atoms with Crippen molar-refractivity contribution in [1.29, 1.82) is 0 Å². The molecule has 0 spiro atoms. The van der Waals surface area contributed by atoms with Gasteiger partial charge in [0.15, 0.2) is 5.79 Å². The van der Waals surface area contributed by atoms with Crippen LogP contribution in [0.2, 0.25) is 0 Å². The Morgan fingerprint density at radius 2 is 1.37 bits per heavy atom. The van der Waals surface area contributed by atoms with Crippen LogP contribution >= 0.6 is 0 Å². The highest BCUT2D eigenvalue weighted by molar-refractivity contribution is 5.66. The first-order chi connectivity index (χ1) is 13.1. The van der Waals surface area contributed by atoms with Crippen molar-refractivity contribution >= 4 is 5.97 Å². The van der Waals surface area contributed by atoms with Crippen molar-refractivity contribution in [3.63, 3.8) is 0 Å². The van der Waals surface area contributed by atoms with E-state index in [1.54, 1.807) is 0 Å². The smallest absolute Gasteiger partial charge is 0.303 e. The van der Waals surface area contributed by atoms with Crippen LogP contribution < -0.4 is 0 Å². The van der Waals surface area contributed by atoms with E-state index in [-0.39, 0.29) is 12.5 Å². The minimum Gasteiger partial charge on any atom is -0.481 e. The highest BCUT2D eigenvalue weighted by atomic mass is 16.7. The normalized spacial score (nSPS) is 22.4. The number of carboxylic acids is 1. The topological polar surface area (TPSA) is 55.8 Å². The van der Waals surface area contributed by atoms with Gasteiger partial charge in [-0.05, 0) is 13.3 Å². The average Bonchev–Trinajstić information content (AvgIpc) is 3.02. The van der Waals surface area contributed by atoms with Gasteiger partial charge in [-0.1, -0.05) is 96.8 Å². The average molecular weight is 385 g/mol. The van der Waals surface area contributed by atoms with Gasteiger partial charge in [-0.15, -0.1) is 0 Å². The number of ether oxygens (including phenoxy) is 2. The molecule has 1 aliphatic heterocycles. The molecule has 2 atom stereocenters. The molecule has 1 fully saturated rings. The van der Waals surface area contributed by atoms with Crippen LogP contribution in [0.5, 0.6) is 0 Å². The minimum atomic E-state index is -0.793. The monoisotopic (exact) mass is 384 g/mol. The molecular weight excluding hydrogens is 340 g/mol. The van der Waals surface area contributed by atoms with Crippen LogP contribution in [-0.2, 0) is 14.3 Å². The molecule has 4 heteroatoms. The quantitative estimate of drug-likeness (QED) is 0.262. The van der Waals surface area contributed by atoms with E-state index in [1.165, 1.54) is 89.9 Å². The second-order valence-corrected chi connectivity index (χ2v) is 8.46. The summed E-state index contributed by atoms with van der Waals surface area (Å²) in [6.45, 7) is 4.74. The number of hydrogen-bond acceptors (Lipinski definition) is 3. The highest BCUT2D eigenvalue weighted by Gasteiger charge is 2.36. The summed E-state index contributed by atoms with van der Waals surface area (Å²) in [5, 5.41) is 8.79. The zero-order chi connectivity index (χ0) is 19.8.